The Bertz CT molecular complexity index is 1210. The van der Waals surface area contributed by atoms with Crippen molar-refractivity contribution in [2.75, 3.05) is 18.0 Å². The number of nitrogens with one attached hydrogen (secondary N) is 1. The van der Waals surface area contributed by atoms with E-state index in [1.54, 1.807) is 31.2 Å². The molecule has 3 aromatic rings. The Labute approximate surface area is 176 Å². The topological polar surface area (TPSA) is 86.4 Å². The number of halogens is 2. The van der Waals surface area contributed by atoms with Crippen molar-refractivity contribution in [3.8, 4) is 0 Å². The molecular weight excluding hydrogens is 406 g/mol. The highest BCUT2D eigenvalue weighted by Gasteiger charge is 2.37. The number of hydrogen-bond donors (Lipinski definition) is 1. The largest absolute Gasteiger partial charge is 0.335 e. The molecule has 1 aromatic heterocycles. The fourth-order valence-corrected chi connectivity index (χ4v) is 3.81. The van der Waals surface area contributed by atoms with Crippen molar-refractivity contribution in [2.45, 2.75) is 19.9 Å². The zero-order chi connectivity index (χ0) is 22.1. The quantitative estimate of drug-likeness (QED) is 0.680. The van der Waals surface area contributed by atoms with E-state index in [2.05, 4.69) is 9.97 Å². The van der Waals surface area contributed by atoms with Crippen LogP contribution < -0.4 is 10.5 Å². The van der Waals surface area contributed by atoms with Crippen molar-refractivity contribution in [1.82, 2.24) is 14.9 Å². The minimum absolute atomic E-state index is 0.0265. The maximum Gasteiger partial charge on any atom is 0.258 e. The molecule has 7 nitrogen and oxygen atoms in total. The molecule has 1 N–H and O–H groups in total. The summed E-state index contributed by atoms with van der Waals surface area (Å²) >= 11 is 0. The Hall–Kier alpha value is -3.62. The van der Waals surface area contributed by atoms with Gasteiger partial charge in [-0.25, -0.2) is 13.8 Å². The van der Waals surface area contributed by atoms with E-state index in [0.29, 0.717) is 23.3 Å². The number of H-pyrrole nitrogens is 1. The number of anilines is 1. The van der Waals surface area contributed by atoms with Gasteiger partial charge in [-0.05, 0) is 31.2 Å². The molecule has 9 heteroatoms. The number of carbonyl (C=O) groups excluding carboxylic acids is 2. The minimum Gasteiger partial charge on any atom is -0.335 e. The van der Waals surface area contributed by atoms with Gasteiger partial charge >= 0.3 is 0 Å². The van der Waals surface area contributed by atoms with Crippen molar-refractivity contribution in [3.05, 3.63) is 70.3 Å². The number of hydrogen-bond acceptors (Lipinski definition) is 4. The third-order valence-corrected chi connectivity index (χ3v) is 5.33. The fraction of sp³-hybridized carbons (Fsp3) is 0.273. The molecule has 1 aliphatic rings. The van der Waals surface area contributed by atoms with E-state index in [1.807, 2.05) is 0 Å². The van der Waals surface area contributed by atoms with Crippen LogP contribution in [0.5, 0.6) is 0 Å². The lowest BCUT2D eigenvalue weighted by atomic mass is 10.1. The average Bonchev–Trinajstić information content (AvgIpc) is 3.12. The van der Waals surface area contributed by atoms with Crippen molar-refractivity contribution in [3.63, 3.8) is 0 Å². The van der Waals surface area contributed by atoms with Gasteiger partial charge in [0, 0.05) is 31.3 Å². The number of rotatable bonds is 5. The Balaban J connectivity index is 1.53. The average molecular weight is 426 g/mol. The second kappa shape index (κ2) is 8.25. The first-order valence-corrected chi connectivity index (χ1v) is 9.89. The van der Waals surface area contributed by atoms with Crippen LogP contribution in [0.3, 0.4) is 0 Å². The zero-order valence-electron chi connectivity index (χ0n) is 16.8. The van der Waals surface area contributed by atoms with Crippen LogP contribution in [0.25, 0.3) is 10.9 Å². The minimum atomic E-state index is -0.793. The molecule has 2 aromatic carbocycles. The molecule has 1 saturated heterocycles. The monoisotopic (exact) mass is 426 g/mol. The number of fused-ring (bicyclic) bond motifs is 1. The van der Waals surface area contributed by atoms with Crippen molar-refractivity contribution >= 4 is 28.4 Å². The Morgan fingerprint density at radius 2 is 1.90 bits per heavy atom. The molecule has 1 aliphatic heterocycles. The van der Waals surface area contributed by atoms with E-state index >= 15 is 0 Å². The first-order valence-electron chi connectivity index (χ1n) is 9.89. The molecule has 1 fully saturated rings. The Morgan fingerprint density at radius 3 is 2.61 bits per heavy atom. The summed E-state index contributed by atoms with van der Waals surface area (Å²) in [6.45, 7) is 2.23. The summed E-state index contributed by atoms with van der Waals surface area (Å²) in [7, 11) is 0. The number of carbonyl (C=O) groups is 2. The third kappa shape index (κ3) is 4.16. The second-order valence-electron chi connectivity index (χ2n) is 7.42. The highest BCUT2D eigenvalue weighted by molar-refractivity contribution is 6.00. The normalized spacial score (nSPS) is 16.2. The summed E-state index contributed by atoms with van der Waals surface area (Å²) in [5.41, 5.74) is 0.320. The van der Waals surface area contributed by atoms with E-state index in [9.17, 15) is 23.2 Å². The fourth-order valence-electron chi connectivity index (χ4n) is 3.81. The third-order valence-electron chi connectivity index (χ3n) is 5.33. The van der Waals surface area contributed by atoms with Crippen LogP contribution in [0.15, 0.2) is 47.3 Å². The Kier molecular flexibility index (Phi) is 5.50. The number of aromatic nitrogens is 2. The number of nitrogens with zero attached hydrogens (tertiary/aromatic N) is 3. The molecule has 0 aliphatic carbocycles. The van der Waals surface area contributed by atoms with E-state index in [0.717, 1.165) is 18.2 Å². The summed E-state index contributed by atoms with van der Waals surface area (Å²) < 4.78 is 27.1. The molecule has 0 saturated carbocycles. The Morgan fingerprint density at radius 1 is 1.19 bits per heavy atom. The van der Waals surface area contributed by atoms with Gasteiger partial charge in [0.2, 0.25) is 11.8 Å². The van der Waals surface area contributed by atoms with Gasteiger partial charge < -0.3 is 14.8 Å². The number of para-hydroxylation sites is 1. The van der Waals surface area contributed by atoms with Crippen LogP contribution in [0.1, 0.15) is 19.2 Å². The molecule has 1 unspecified atom stereocenters. The van der Waals surface area contributed by atoms with Gasteiger partial charge in [-0.15, -0.1) is 0 Å². The van der Waals surface area contributed by atoms with Crippen LogP contribution in [0.2, 0.25) is 0 Å². The van der Waals surface area contributed by atoms with Crippen molar-refractivity contribution in [2.24, 2.45) is 5.92 Å². The summed E-state index contributed by atoms with van der Waals surface area (Å²) in [6.07, 6.45) is -0.0604. The van der Waals surface area contributed by atoms with Crippen LogP contribution in [-0.4, -0.2) is 39.8 Å². The summed E-state index contributed by atoms with van der Waals surface area (Å²) in [5, 5.41) is 0.458. The predicted octanol–water partition coefficient (Wildman–Crippen LogP) is 2.60. The molecule has 0 spiro atoms. The molecule has 160 valence electrons. The van der Waals surface area contributed by atoms with Gasteiger partial charge in [-0.1, -0.05) is 12.1 Å². The highest BCUT2D eigenvalue weighted by atomic mass is 19.1. The summed E-state index contributed by atoms with van der Waals surface area (Å²) in [5.74, 6) is -2.57. The first-order chi connectivity index (χ1) is 14.9. The molecule has 2 amide bonds. The zero-order valence-corrected chi connectivity index (χ0v) is 16.8. The molecule has 1 atom stereocenters. The summed E-state index contributed by atoms with van der Waals surface area (Å²) in [4.78, 5) is 47.6. The van der Waals surface area contributed by atoms with Gasteiger partial charge in [0.25, 0.3) is 5.56 Å². The molecule has 2 heterocycles. The molecule has 0 bridgehead atoms. The van der Waals surface area contributed by atoms with Crippen molar-refractivity contribution in [1.29, 1.82) is 0 Å². The first kappa shape index (κ1) is 20.6. The van der Waals surface area contributed by atoms with Gasteiger partial charge in [-0.3, -0.25) is 14.4 Å². The molecular formula is C22H20F2N4O3. The highest BCUT2D eigenvalue weighted by Crippen LogP contribution is 2.28. The standard InChI is InChI=1S/C22H20F2N4O3/c1-2-27(12-19-25-18-6-4-3-5-17(18)21(30)26-19)22(31)13-7-20(29)28(11-13)16-9-14(23)8-15(24)10-16/h3-6,8-10,13H,2,7,11-12H2,1H3,(H,25,26,30). The van der Waals surface area contributed by atoms with Gasteiger partial charge in [0.15, 0.2) is 0 Å². The number of benzene rings is 2. The maximum absolute atomic E-state index is 13.5. The van der Waals surface area contributed by atoms with Crippen LogP contribution in [0.4, 0.5) is 14.5 Å². The van der Waals surface area contributed by atoms with Gasteiger partial charge in [0.05, 0.1) is 23.4 Å². The van der Waals surface area contributed by atoms with E-state index in [-0.39, 0.29) is 42.6 Å². The number of amides is 2. The van der Waals surface area contributed by atoms with E-state index in [1.165, 1.54) is 9.80 Å². The SMILES string of the molecule is CCN(Cc1nc2ccccc2c(=O)[nH]1)C(=O)C1CC(=O)N(c2cc(F)cc(F)c2)C1. The lowest BCUT2D eigenvalue weighted by Crippen LogP contribution is -2.37. The van der Waals surface area contributed by atoms with Crippen LogP contribution >= 0.6 is 0 Å². The van der Waals surface area contributed by atoms with Crippen molar-refractivity contribution < 1.29 is 18.4 Å². The smallest absolute Gasteiger partial charge is 0.258 e. The number of aromatic amines is 1. The predicted molar refractivity (Wildman–Crippen MR) is 110 cm³/mol. The lowest BCUT2D eigenvalue weighted by molar-refractivity contribution is -0.136. The van der Waals surface area contributed by atoms with Crippen LogP contribution in [-0.2, 0) is 16.1 Å². The second-order valence-corrected chi connectivity index (χ2v) is 7.42. The van der Waals surface area contributed by atoms with Gasteiger partial charge in [0.1, 0.15) is 17.5 Å². The maximum atomic E-state index is 13.5. The lowest BCUT2D eigenvalue weighted by Gasteiger charge is -2.24. The van der Waals surface area contributed by atoms with E-state index < -0.39 is 17.6 Å². The summed E-state index contributed by atoms with van der Waals surface area (Å²) in [6, 6.07) is 9.76. The van der Waals surface area contributed by atoms with Crippen LogP contribution in [0, 0.1) is 17.6 Å². The molecule has 31 heavy (non-hydrogen) atoms. The van der Waals surface area contributed by atoms with E-state index in [4.69, 9.17) is 0 Å². The molecule has 0 radical (unpaired) electrons. The molecule has 4 rings (SSSR count). The van der Waals surface area contributed by atoms with Gasteiger partial charge in [-0.2, -0.15) is 0 Å².